The minimum atomic E-state index is -0.900. The first-order chi connectivity index (χ1) is 12.6. The Balaban J connectivity index is 1.64. The number of nitrogens with zero attached hydrogens (tertiary/aromatic N) is 4. The first kappa shape index (κ1) is 17.3. The molecule has 3 aromatic rings. The molecule has 132 valence electrons. The molecular weight excluding hydrogens is 332 g/mol. The highest BCUT2D eigenvalue weighted by molar-refractivity contribution is 5.98. The van der Waals surface area contributed by atoms with Gasteiger partial charge in [0.05, 0.1) is 11.3 Å². The van der Waals surface area contributed by atoms with Crippen LogP contribution in [0.3, 0.4) is 0 Å². The Kier molecular flexibility index (Phi) is 5.07. The summed E-state index contributed by atoms with van der Waals surface area (Å²) in [6.45, 7) is 1.56. The molecule has 0 bridgehead atoms. The standard InChI is InChI=1S/C19H18N4O3/c1-14(18(24)22(2)16-6-4-3-5-7-16)26-19(25)15-8-10-17(11-9-15)23-13-20-12-21-23/h3-14H,1-2H3/t14-/m1/s1. The summed E-state index contributed by atoms with van der Waals surface area (Å²) < 4.78 is 6.89. The molecule has 3 rings (SSSR count). The Hall–Kier alpha value is -3.48. The topological polar surface area (TPSA) is 77.3 Å². The second kappa shape index (κ2) is 7.60. The summed E-state index contributed by atoms with van der Waals surface area (Å²) in [5, 5.41) is 4.02. The van der Waals surface area contributed by atoms with Gasteiger partial charge in [-0.25, -0.2) is 14.5 Å². The summed E-state index contributed by atoms with van der Waals surface area (Å²) >= 11 is 0. The van der Waals surface area contributed by atoms with Gasteiger partial charge in [-0.3, -0.25) is 4.79 Å². The van der Waals surface area contributed by atoms with Crippen molar-refractivity contribution in [3.63, 3.8) is 0 Å². The van der Waals surface area contributed by atoms with Gasteiger partial charge in [0.15, 0.2) is 6.10 Å². The van der Waals surface area contributed by atoms with Gasteiger partial charge in [-0.2, -0.15) is 5.10 Å². The highest BCUT2D eigenvalue weighted by Crippen LogP contribution is 2.15. The number of hydrogen-bond acceptors (Lipinski definition) is 5. The van der Waals surface area contributed by atoms with Crippen molar-refractivity contribution in [2.45, 2.75) is 13.0 Å². The maximum atomic E-state index is 12.4. The molecule has 1 amide bonds. The van der Waals surface area contributed by atoms with Crippen molar-refractivity contribution in [1.82, 2.24) is 14.8 Å². The highest BCUT2D eigenvalue weighted by Gasteiger charge is 2.23. The van der Waals surface area contributed by atoms with E-state index in [2.05, 4.69) is 10.1 Å². The fourth-order valence-corrected chi connectivity index (χ4v) is 2.42. The predicted molar refractivity (Wildman–Crippen MR) is 96.1 cm³/mol. The van der Waals surface area contributed by atoms with Crippen LogP contribution in [0.15, 0.2) is 67.3 Å². The van der Waals surface area contributed by atoms with Crippen molar-refractivity contribution < 1.29 is 14.3 Å². The number of anilines is 1. The molecule has 0 aliphatic rings. The average molecular weight is 350 g/mol. The van der Waals surface area contributed by atoms with Crippen molar-refractivity contribution in [2.75, 3.05) is 11.9 Å². The van der Waals surface area contributed by atoms with Gasteiger partial charge < -0.3 is 9.64 Å². The normalized spacial score (nSPS) is 11.6. The first-order valence-corrected chi connectivity index (χ1v) is 8.05. The van der Waals surface area contributed by atoms with E-state index in [1.54, 1.807) is 49.2 Å². The van der Waals surface area contributed by atoms with Crippen LogP contribution in [0.5, 0.6) is 0 Å². The zero-order chi connectivity index (χ0) is 18.5. The number of carbonyl (C=O) groups is 2. The SMILES string of the molecule is C[C@@H](OC(=O)c1ccc(-n2cncn2)cc1)C(=O)N(C)c1ccccc1. The predicted octanol–water partition coefficient (Wildman–Crippen LogP) is 2.48. The summed E-state index contributed by atoms with van der Waals surface area (Å²) in [6.07, 6.45) is 2.09. The van der Waals surface area contributed by atoms with Gasteiger partial charge in [-0.05, 0) is 43.3 Å². The van der Waals surface area contributed by atoms with Gasteiger partial charge in [0.2, 0.25) is 0 Å². The lowest BCUT2D eigenvalue weighted by atomic mass is 10.2. The number of benzene rings is 2. The average Bonchev–Trinajstić information content (AvgIpc) is 3.22. The fraction of sp³-hybridized carbons (Fsp3) is 0.158. The van der Waals surface area contributed by atoms with Gasteiger partial charge in [0, 0.05) is 12.7 Å². The molecule has 0 fully saturated rings. The van der Waals surface area contributed by atoms with Crippen LogP contribution in [0, 0.1) is 0 Å². The minimum Gasteiger partial charge on any atom is -0.449 e. The van der Waals surface area contributed by atoms with Crippen LogP contribution in [-0.4, -0.2) is 39.8 Å². The molecule has 0 radical (unpaired) electrons. The molecule has 1 aromatic heterocycles. The highest BCUT2D eigenvalue weighted by atomic mass is 16.5. The molecule has 7 nitrogen and oxygen atoms in total. The van der Waals surface area contributed by atoms with E-state index in [0.717, 1.165) is 11.4 Å². The Labute approximate surface area is 150 Å². The molecule has 26 heavy (non-hydrogen) atoms. The van der Waals surface area contributed by atoms with Gasteiger partial charge in [-0.1, -0.05) is 18.2 Å². The van der Waals surface area contributed by atoms with Crippen molar-refractivity contribution in [2.24, 2.45) is 0 Å². The largest absolute Gasteiger partial charge is 0.449 e. The molecule has 7 heteroatoms. The van der Waals surface area contributed by atoms with Crippen LogP contribution in [0.25, 0.3) is 5.69 Å². The lowest BCUT2D eigenvalue weighted by Gasteiger charge is -2.21. The zero-order valence-corrected chi connectivity index (χ0v) is 14.4. The molecule has 1 atom stereocenters. The molecule has 0 saturated heterocycles. The number of aromatic nitrogens is 3. The van der Waals surface area contributed by atoms with E-state index in [4.69, 9.17) is 4.74 Å². The molecule has 0 aliphatic carbocycles. The first-order valence-electron chi connectivity index (χ1n) is 8.05. The number of rotatable bonds is 5. The molecule has 0 unspecified atom stereocenters. The van der Waals surface area contributed by atoms with E-state index < -0.39 is 12.1 Å². The zero-order valence-electron chi connectivity index (χ0n) is 14.4. The number of para-hydroxylation sites is 1. The van der Waals surface area contributed by atoms with E-state index >= 15 is 0 Å². The van der Waals surface area contributed by atoms with Crippen molar-refractivity contribution >= 4 is 17.6 Å². The lowest BCUT2D eigenvalue weighted by Crippen LogP contribution is -2.37. The third kappa shape index (κ3) is 3.77. The fourth-order valence-electron chi connectivity index (χ4n) is 2.42. The van der Waals surface area contributed by atoms with Crippen LogP contribution in [0.2, 0.25) is 0 Å². The van der Waals surface area contributed by atoms with Gasteiger partial charge in [0.25, 0.3) is 5.91 Å². The summed E-state index contributed by atoms with van der Waals surface area (Å²) in [4.78, 5) is 30.1. The maximum Gasteiger partial charge on any atom is 0.338 e. The smallest absolute Gasteiger partial charge is 0.338 e. The van der Waals surface area contributed by atoms with Crippen LogP contribution in [0.4, 0.5) is 5.69 Å². The van der Waals surface area contributed by atoms with E-state index in [1.165, 1.54) is 11.2 Å². The third-order valence-corrected chi connectivity index (χ3v) is 3.89. The summed E-state index contributed by atoms with van der Waals surface area (Å²) in [7, 11) is 1.65. The number of ether oxygens (including phenoxy) is 1. The summed E-state index contributed by atoms with van der Waals surface area (Å²) in [6, 6.07) is 15.9. The van der Waals surface area contributed by atoms with Gasteiger partial charge in [-0.15, -0.1) is 0 Å². The van der Waals surface area contributed by atoms with Crippen molar-refractivity contribution in [1.29, 1.82) is 0 Å². The number of hydrogen-bond donors (Lipinski definition) is 0. The Morgan fingerprint density at radius 3 is 2.38 bits per heavy atom. The van der Waals surface area contributed by atoms with Gasteiger partial charge >= 0.3 is 5.97 Å². The van der Waals surface area contributed by atoms with Crippen molar-refractivity contribution in [3.8, 4) is 5.69 Å². The summed E-state index contributed by atoms with van der Waals surface area (Å²) in [5.41, 5.74) is 1.86. The number of esters is 1. The Bertz CT molecular complexity index is 877. The monoisotopic (exact) mass is 350 g/mol. The summed E-state index contributed by atoms with van der Waals surface area (Å²) in [5.74, 6) is -0.860. The van der Waals surface area contributed by atoms with Crippen LogP contribution in [-0.2, 0) is 9.53 Å². The molecule has 0 aliphatic heterocycles. The molecule has 0 N–H and O–H groups in total. The number of carbonyl (C=O) groups excluding carboxylic acids is 2. The van der Waals surface area contributed by atoms with Gasteiger partial charge in [0.1, 0.15) is 12.7 Å². The van der Waals surface area contributed by atoms with E-state index in [0.29, 0.717) is 5.56 Å². The number of amides is 1. The second-order valence-corrected chi connectivity index (χ2v) is 5.67. The third-order valence-electron chi connectivity index (χ3n) is 3.89. The van der Waals surface area contributed by atoms with Crippen LogP contribution < -0.4 is 4.90 Å². The lowest BCUT2D eigenvalue weighted by molar-refractivity contribution is -0.126. The van der Waals surface area contributed by atoms with Crippen LogP contribution in [0.1, 0.15) is 17.3 Å². The molecular formula is C19H18N4O3. The quantitative estimate of drug-likeness (QED) is 0.661. The van der Waals surface area contributed by atoms with E-state index in [9.17, 15) is 9.59 Å². The maximum absolute atomic E-state index is 12.4. The molecule has 1 heterocycles. The minimum absolute atomic E-state index is 0.302. The van der Waals surface area contributed by atoms with Crippen LogP contribution >= 0.6 is 0 Å². The molecule has 0 spiro atoms. The van der Waals surface area contributed by atoms with E-state index in [1.807, 2.05) is 30.3 Å². The second-order valence-electron chi connectivity index (χ2n) is 5.67. The Morgan fingerprint density at radius 1 is 1.08 bits per heavy atom. The van der Waals surface area contributed by atoms with E-state index in [-0.39, 0.29) is 5.91 Å². The molecule has 0 saturated carbocycles. The van der Waals surface area contributed by atoms with Crippen molar-refractivity contribution in [3.05, 3.63) is 72.8 Å². The Morgan fingerprint density at radius 2 is 1.77 bits per heavy atom. The number of likely N-dealkylation sites (N-methyl/N-ethyl adjacent to an activating group) is 1. The molecule has 2 aromatic carbocycles.